The second kappa shape index (κ2) is 11.8. The van der Waals surface area contributed by atoms with E-state index in [1.807, 2.05) is 38.1 Å². The number of ether oxygens (including phenoxy) is 1. The number of likely N-dealkylation sites (tertiary alicyclic amines) is 1. The first-order valence-electron chi connectivity index (χ1n) is 9.99. The van der Waals surface area contributed by atoms with E-state index in [1.54, 1.807) is 18.2 Å². The van der Waals surface area contributed by atoms with Crippen LogP contribution in [0.25, 0.3) is 11.5 Å². The van der Waals surface area contributed by atoms with Crippen molar-refractivity contribution >= 4 is 36.0 Å². The number of nitrogens with zero attached hydrogens (tertiary/aromatic N) is 3. The summed E-state index contributed by atoms with van der Waals surface area (Å²) in [6.45, 7) is 6.14. The molecule has 1 aromatic carbocycles. The molecule has 8 nitrogen and oxygen atoms in total. The van der Waals surface area contributed by atoms with Crippen LogP contribution in [0.5, 0.6) is 0 Å². The predicted octanol–water partition coefficient (Wildman–Crippen LogP) is 3.55. The van der Waals surface area contributed by atoms with Crippen molar-refractivity contribution < 1.29 is 13.9 Å². The lowest BCUT2D eigenvalue weighted by Crippen LogP contribution is -2.49. The van der Waals surface area contributed by atoms with Gasteiger partial charge in [-0.2, -0.15) is 0 Å². The summed E-state index contributed by atoms with van der Waals surface area (Å²) in [7, 11) is 1.74. The Bertz CT molecular complexity index is 829. The van der Waals surface area contributed by atoms with Gasteiger partial charge in [0.2, 0.25) is 5.89 Å². The first-order valence-corrected chi connectivity index (χ1v) is 9.99. The highest BCUT2D eigenvalue weighted by Crippen LogP contribution is 2.19. The molecule has 1 amide bonds. The number of aryl methyl sites for hydroxylation is 1. The molecule has 0 bridgehead atoms. The maximum absolute atomic E-state index is 11.8. The highest BCUT2D eigenvalue weighted by molar-refractivity contribution is 14.0. The van der Waals surface area contributed by atoms with E-state index in [9.17, 15) is 4.79 Å². The van der Waals surface area contributed by atoms with Crippen molar-refractivity contribution in [3.05, 3.63) is 41.8 Å². The van der Waals surface area contributed by atoms with Gasteiger partial charge in [0.1, 0.15) is 6.26 Å². The van der Waals surface area contributed by atoms with Crippen molar-refractivity contribution in [2.24, 2.45) is 4.99 Å². The van der Waals surface area contributed by atoms with Gasteiger partial charge in [0.15, 0.2) is 5.96 Å². The minimum atomic E-state index is -0.233. The topological polar surface area (TPSA) is 92.0 Å². The van der Waals surface area contributed by atoms with Crippen molar-refractivity contribution in [3.8, 4) is 11.5 Å². The van der Waals surface area contributed by atoms with Gasteiger partial charge in [0, 0.05) is 31.7 Å². The number of carbonyl (C=O) groups excluding carboxylic acids is 1. The van der Waals surface area contributed by atoms with Crippen LogP contribution in [-0.4, -0.2) is 54.7 Å². The first-order chi connectivity index (χ1) is 14.1. The first kappa shape index (κ1) is 24.0. The van der Waals surface area contributed by atoms with E-state index < -0.39 is 0 Å². The number of hydrogen-bond donors (Lipinski definition) is 2. The smallest absolute Gasteiger partial charge is 0.409 e. The molecule has 2 N–H and O–H groups in total. The minimum absolute atomic E-state index is 0. The van der Waals surface area contributed by atoms with E-state index in [4.69, 9.17) is 9.15 Å². The molecule has 1 aliphatic rings. The number of oxazole rings is 1. The molecule has 9 heteroatoms. The average molecular weight is 527 g/mol. The van der Waals surface area contributed by atoms with Crippen molar-refractivity contribution in [2.75, 3.05) is 26.7 Å². The van der Waals surface area contributed by atoms with Gasteiger partial charge in [-0.15, -0.1) is 24.0 Å². The Balaban J connectivity index is 0.00000320. The van der Waals surface area contributed by atoms with Crippen LogP contribution in [0.2, 0.25) is 0 Å². The maximum atomic E-state index is 11.8. The fourth-order valence-electron chi connectivity index (χ4n) is 3.20. The average Bonchev–Trinajstić information content (AvgIpc) is 3.21. The van der Waals surface area contributed by atoms with Crippen LogP contribution in [0, 0.1) is 6.92 Å². The Morgan fingerprint density at radius 1 is 1.30 bits per heavy atom. The van der Waals surface area contributed by atoms with Crippen LogP contribution in [0.4, 0.5) is 4.79 Å². The van der Waals surface area contributed by atoms with Crippen LogP contribution < -0.4 is 10.6 Å². The molecule has 2 heterocycles. The SMILES string of the molecule is CCOC(=O)N1CCC(NC(=NC)NCc2coc(-c3ccc(C)cc3)n2)CC1.I. The number of carbonyl (C=O) groups is 1. The van der Waals surface area contributed by atoms with Crippen molar-refractivity contribution in [3.63, 3.8) is 0 Å². The summed E-state index contributed by atoms with van der Waals surface area (Å²) in [5, 5.41) is 6.69. The Labute approximate surface area is 194 Å². The molecule has 0 saturated carbocycles. The fourth-order valence-corrected chi connectivity index (χ4v) is 3.20. The zero-order valence-corrected chi connectivity index (χ0v) is 20.0. The molecule has 164 valence electrons. The lowest BCUT2D eigenvalue weighted by Gasteiger charge is -2.32. The Morgan fingerprint density at radius 2 is 2.00 bits per heavy atom. The third kappa shape index (κ3) is 6.61. The molecule has 1 aromatic heterocycles. The van der Waals surface area contributed by atoms with Crippen molar-refractivity contribution in [2.45, 2.75) is 39.3 Å². The highest BCUT2D eigenvalue weighted by atomic mass is 127. The van der Waals surface area contributed by atoms with Crippen LogP contribution in [-0.2, 0) is 11.3 Å². The normalized spacial score (nSPS) is 14.8. The fraction of sp³-hybridized carbons (Fsp3) is 0.476. The molecular formula is C21H30IN5O3. The van der Waals surface area contributed by atoms with Crippen LogP contribution in [0.15, 0.2) is 39.9 Å². The number of benzene rings is 1. The van der Waals surface area contributed by atoms with E-state index in [0.717, 1.165) is 24.1 Å². The Hall–Kier alpha value is -2.30. The number of rotatable bonds is 5. The summed E-state index contributed by atoms with van der Waals surface area (Å²) < 4.78 is 10.7. The number of amides is 1. The number of piperidine rings is 1. The highest BCUT2D eigenvalue weighted by Gasteiger charge is 2.24. The third-order valence-corrected chi connectivity index (χ3v) is 4.87. The molecule has 0 atom stereocenters. The standard InChI is InChI=1S/C21H29N5O3.HI/c1-4-28-21(27)26-11-9-17(10-12-26)25-20(22-3)23-13-18-14-29-19(24-18)16-7-5-15(2)6-8-16;/h5-8,14,17H,4,9-13H2,1-3H3,(H2,22,23,25);1H. The van der Waals surface area contributed by atoms with E-state index in [-0.39, 0.29) is 36.1 Å². The van der Waals surface area contributed by atoms with E-state index >= 15 is 0 Å². The molecule has 1 saturated heterocycles. The molecule has 0 unspecified atom stereocenters. The van der Waals surface area contributed by atoms with Gasteiger partial charge in [-0.25, -0.2) is 9.78 Å². The second-order valence-electron chi connectivity index (χ2n) is 7.04. The number of halogens is 1. The Kier molecular flexibility index (Phi) is 9.41. The summed E-state index contributed by atoms with van der Waals surface area (Å²) in [5.74, 6) is 1.32. The summed E-state index contributed by atoms with van der Waals surface area (Å²) in [5.41, 5.74) is 2.96. The molecule has 0 aliphatic carbocycles. The summed E-state index contributed by atoms with van der Waals surface area (Å²) in [6, 6.07) is 8.34. The predicted molar refractivity (Wildman–Crippen MR) is 127 cm³/mol. The van der Waals surface area contributed by atoms with Gasteiger partial charge in [-0.05, 0) is 38.8 Å². The number of hydrogen-bond acceptors (Lipinski definition) is 5. The van der Waals surface area contributed by atoms with E-state index in [2.05, 4.69) is 20.6 Å². The lowest BCUT2D eigenvalue weighted by molar-refractivity contribution is 0.0963. The zero-order valence-electron chi connectivity index (χ0n) is 17.7. The van der Waals surface area contributed by atoms with Gasteiger partial charge < -0.3 is 24.7 Å². The molecule has 3 rings (SSSR count). The van der Waals surface area contributed by atoms with Crippen LogP contribution in [0.1, 0.15) is 31.0 Å². The monoisotopic (exact) mass is 527 g/mol. The number of aromatic nitrogens is 1. The van der Waals surface area contributed by atoms with Gasteiger partial charge in [0.25, 0.3) is 0 Å². The van der Waals surface area contributed by atoms with Crippen LogP contribution in [0.3, 0.4) is 0 Å². The molecular weight excluding hydrogens is 497 g/mol. The third-order valence-electron chi connectivity index (χ3n) is 4.87. The van der Waals surface area contributed by atoms with Crippen LogP contribution >= 0.6 is 24.0 Å². The zero-order chi connectivity index (χ0) is 20.6. The molecule has 1 fully saturated rings. The number of aliphatic imine (C=N–C) groups is 1. The van der Waals surface area contributed by atoms with Crippen molar-refractivity contribution in [1.82, 2.24) is 20.5 Å². The summed E-state index contributed by atoms with van der Waals surface area (Å²) in [6.07, 6.45) is 3.12. The second-order valence-corrected chi connectivity index (χ2v) is 7.04. The number of nitrogens with one attached hydrogen (secondary N) is 2. The quantitative estimate of drug-likeness (QED) is 0.351. The molecule has 1 aliphatic heterocycles. The van der Waals surface area contributed by atoms with Gasteiger partial charge >= 0.3 is 6.09 Å². The van der Waals surface area contributed by atoms with Gasteiger partial charge in [0.05, 0.1) is 18.8 Å². The maximum Gasteiger partial charge on any atom is 0.409 e. The Morgan fingerprint density at radius 3 is 2.63 bits per heavy atom. The van der Waals surface area contributed by atoms with Gasteiger partial charge in [-0.1, -0.05) is 17.7 Å². The molecule has 2 aromatic rings. The molecule has 30 heavy (non-hydrogen) atoms. The summed E-state index contributed by atoms with van der Waals surface area (Å²) >= 11 is 0. The lowest BCUT2D eigenvalue weighted by atomic mass is 10.1. The molecule has 0 spiro atoms. The van der Waals surface area contributed by atoms with E-state index in [1.165, 1.54) is 5.56 Å². The van der Waals surface area contributed by atoms with Crippen molar-refractivity contribution in [1.29, 1.82) is 0 Å². The van der Waals surface area contributed by atoms with E-state index in [0.29, 0.717) is 38.1 Å². The van der Waals surface area contributed by atoms with Gasteiger partial charge in [-0.3, -0.25) is 4.99 Å². The summed E-state index contributed by atoms with van der Waals surface area (Å²) in [4.78, 5) is 22.4. The molecule has 0 radical (unpaired) electrons. The minimum Gasteiger partial charge on any atom is -0.450 e. The number of guanidine groups is 1. The largest absolute Gasteiger partial charge is 0.450 e.